The molecule has 1 atom stereocenters. The number of hydrogen-bond donors (Lipinski definition) is 2. The number of aliphatic hydroxyl groups is 1. The van der Waals surface area contributed by atoms with Crippen molar-refractivity contribution >= 4 is 0 Å². The van der Waals surface area contributed by atoms with Crippen LogP contribution < -0.4 is 5.32 Å². The first-order chi connectivity index (χ1) is 5.86. The third-order valence-corrected chi connectivity index (χ3v) is 2.66. The summed E-state index contributed by atoms with van der Waals surface area (Å²) in [7, 11) is 0. The summed E-state index contributed by atoms with van der Waals surface area (Å²) in [6.45, 7) is 6.26. The van der Waals surface area contributed by atoms with E-state index in [2.05, 4.69) is 11.9 Å². The van der Waals surface area contributed by atoms with E-state index in [-0.39, 0.29) is 6.61 Å². The molecule has 0 saturated carbocycles. The van der Waals surface area contributed by atoms with E-state index in [0.717, 1.165) is 25.4 Å². The zero-order chi connectivity index (χ0) is 8.81. The second-order valence-corrected chi connectivity index (χ2v) is 3.61. The van der Waals surface area contributed by atoms with Gasteiger partial charge < -0.3 is 10.4 Å². The molecule has 0 aromatic rings. The molecule has 1 aliphatic heterocycles. The molecule has 1 rings (SSSR count). The second kappa shape index (κ2) is 5.33. The maximum Gasteiger partial charge on any atom is 0.0493 e. The van der Waals surface area contributed by atoms with Crippen molar-refractivity contribution in [1.82, 2.24) is 5.32 Å². The molecular formula is C10H19NO. The summed E-state index contributed by atoms with van der Waals surface area (Å²) in [5.74, 6) is 1.11. The van der Waals surface area contributed by atoms with Crippen LogP contribution >= 0.6 is 0 Å². The molecular weight excluding hydrogens is 150 g/mol. The Kier molecular flexibility index (Phi) is 4.33. The molecule has 0 aliphatic carbocycles. The van der Waals surface area contributed by atoms with Crippen LogP contribution in [0.25, 0.3) is 0 Å². The van der Waals surface area contributed by atoms with Crippen LogP contribution in [-0.4, -0.2) is 24.8 Å². The van der Waals surface area contributed by atoms with Crippen molar-refractivity contribution in [2.24, 2.45) is 11.8 Å². The zero-order valence-electron chi connectivity index (χ0n) is 7.63. The fourth-order valence-corrected chi connectivity index (χ4v) is 1.79. The largest absolute Gasteiger partial charge is 0.396 e. The van der Waals surface area contributed by atoms with Gasteiger partial charge in [-0.3, -0.25) is 0 Å². The minimum Gasteiger partial charge on any atom is -0.396 e. The van der Waals surface area contributed by atoms with E-state index in [1.807, 2.05) is 6.08 Å². The highest BCUT2D eigenvalue weighted by molar-refractivity contribution is 4.82. The molecule has 2 N–H and O–H groups in total. The molecule has 1 fully saturated rings. The van der Waals surface area contributed by atoms with Gasteiger partial charge in [0, 0.05) is 6.61 Å². The molecule has 12 heavy (non-hydrogen) atoms. The van der Waals surface area contributed by atoms with Gasteiger partial charge in [0.2, 0.25) is 0 Å². The van der Waals surface area contributed by atoms with Gasteiger partial charge in [0.25, 0.3) is 0 Å². The molecule has 0 amide bonds. The molecule has 0 bridgehead atoms. The first-order valence-corrected chi connectivity index (χ1v) is 4.81. The molecule has 70 valence electrons. The Morgan fingerprint density at radius 3 is 2.67 bits per heavy atom. The van der Waals surface area contributed by atoms with Gasteiger partial charge in [0.15, 0.2) is 0 Å². The van der Waals surface area contributed by atoms with E-state index in [1.165, 1.54) is 12.8 Å². The van der Waals surface area contributed by atoms with Gasteiger partial charge in [-0.05, 0) is 44.2 Å². The minimum atomic E-state index is 0.257. The maximum absolute atomic E-state index is 8.97. The standard InChI is InChI=1S/C10H19NO/c1-2-9(8-12)7-10-3-5-11-6-4-10/h2,9-12H,1,3-8H2. The maximum atomic E-state index is 8.97. The fourth-order valence-electron chi connectivity index (χ4n) is 1.79. The van der Waals surface area contributed by atoms with Crippen LogP contribution in [0.15, 0.2) is 12.7 Å². The third-order valence-electron chi connectivity index (χ3n) is 2.66. The average molecular weight is 169 g/mol. The second-order valence-electron chi connectivity index (χ2n) is 3.61. The predicted octanol–water partition coefficient (Wildman–Crippen LogP) is 1.17. The molecule has 1 unspecified atom stereocenters. The number of rotatable bonds is 4. The van der Waals surface area contributed by atoms with Crippen molar-refractivity contribution in [3.05, 3.63) is 12.7 Å². The lowest BCUT2D eigenvalue weighted by molar-refractivity contribution is 0.216. The molecule has 1 aliphatic rings. The van der Waals surface area contributed by atoms with Crippen LogP contribution in [0.2, 0.25) is 0 Å². The van der Waals surface area contributed by atoms with Gasteiger partial charge in [-0.15, -0.1) is 6.58 Å². The number of nitrogens with one attached hydrogen (secondary N) is 1. The Hall–Kier alpha value is -0.340. The predicted molar refractivity (Wildman–Crippen MR) is 51.0 cm³/mol. The molecule has 0 aromatic heterocycles. The smallest absolute Gasteiger partial charge is 0.0493 e. The Balaban J connectivity index is 2.22. The summed E-state index contributed by atoms with van der Waals surface area (Å²) >= 11 is 0. The van der Waals surface area contributed by atoms with Crippen LogP contribution in [-0.2, 0) is 0 Å². The molecule has 0 spiro atoms. The van der Waals surface area contributed by atoms with Crippen molar-refractivity contribution in [1.29, 1.82) is 0 Å². The summed E-state index contributed by atoms with van der Waals surface area (Å²) in [6, 6.07) is 0. The van der Waals surface area contributed by atoms with E-state index < -0.39 is 0 Å². The van der Waals surface area contributed by atoms with Crippen molar-refractivity contribution in [2.45, 2.75) is 19.3 Å². The van der Waals surface area contributed by atoms with Crippen molar-refractivity contribution in [3.63, 3.8) is 0 Å². The van der Waals surface area contributed by atoms with Crippen LogP contribution in [0.3, 0.4) is 0 Å². The molecule has 0 radical (unpaired) electrons. The lowest BCUT2D eigenvalue weighted by Gasteiger charge is -2.24. The number of aliphatic hydroxyl groups excluding tert-OH is 1. The van der Waals surface area contributed by atoms with E-state index >= 15 is 0 Å². The Morgan fingerprint density at radius 2 is 2.17 bits per heavy atom. The lowest BCUT2D eigenvalue weighted by Crippen LogP contribution is -2.29. The summed E-state index contributed by atoms with van der Waals surface area (Å²) in [6.07, 6.45) is 5.50. The number of piperidine rings is 1. The molecule has 2 nitrogen and oxygen atoms in total. The van der Waals surface area contributed by atoms with Crippen LogP contribution in [0.4, 0.5) is 0 Å². The van der Waals surface area contributed by atoms with E-state index in [9.17, 15) is 0 Å². The van der Waals surface area contributed by atoms with Crippen LogP contribution in [0.5, 0.6) is 0 Å². The highest BCUT2D eigenvalue weighted by Gasteiger charge is 2.16. The SMILES string of the molecule is C=CC(CO)CC1CCNCC1. The monoisotopic (exact) mass is 169 g/mol. The first-order valence-electron chi connectivity index (χ1n) is 4.81. The summed E-state index contributed by atoms with van der Waals surface area (Å²) in [5.41, 5.74) is 0. The summed E-state index contributed by atoms with van der Waals surface area (Å²) in [5, 5.41) is 12.3. The average Bonchev–Trinajstić information content (AvgIpc) is 2.16. The van der Waals surface area contributed by atoms with Crippen LogP contribution in [0.1, 0.15) is 19.3 Å². The Morgan fingerprint density at radius 1 is 1.50 bits per heavy atom. The fraction of sp³-hybridized carbons (Fsp3) is 0.800. The van der Waals surface area contributed by atoms with Gasteiger partial charge in [-0.25, -0.2) is 0 Å². The molecule has 2 heteroatoms. The van der Waals surface area contributed by atoms with Crippen molar-refractivity contribution < 1.29 is 5.11 Å². The Labute approximate surface area is 74.7 Å². The highest BCUT2D eigenvalue weighted by Crippen LogP contribution is 2.21. The van der Waals surface area contributed by atoms with Gasteiger partial charge in [0.05, 0.1) is 0 Å². The van der Waals surface area contributed by atoms with Gasteiger partial charge in [-0.2, -0.15) is 0 Å². The van der Waals surface area contributed by atoms with Gasteiger partial charge in [0.1, 0.15) is 0 Å². The van der Waals surface area contributed by atoms with Gasteiger partial charge in [-0.1, -0.05) is 6.08 Å². The van der Waals surface area contributed by atoms with Crippen LogP contribution in [0, 0.1) is 11.8 Å². The van der Waals surface area contributed by atoms with Crippen molar-refractivity contribution in [3.8, 4) is 0 Å². The normalized spacial score (nSPS) is 22.1. The first kappa shape index (κ1) is 9.75. The lowest BCUT2D eigenvalue weighted by atomic mass is 9.88. The quantitative estimate of drug-likeness (QED) is 0.619. The molecule has 0 aromatic carbocycles. The highest BCUT2D eigenvalue weighted by atomic mass is 16.3. The Bertz CT molecular complexity index is 130. The third kappa shape index (κ3) is 2.95. The number of hydrogen-bond acceptors (Lipinski definition) is 2. The van der Waals surface area contributed by atoms with E-state index in [4.69, 9.17) is 5.11 Å². The molecule has 1 heterocycles. The van der Waals surface area contributed by atoms with Crippen molar-refractivity contribution in [2.75, 3.05) is 19.7 Å². The van der Waals surface area contributed by atoms with E-state index in [1.54, 1.807) is 0 Å². The minimum absolute atomic E-state index is 0.257. The summed E-state index contributed by atoms with van der Waals surface area (Å²) < 4.78 is 0. The zero-order valence-corrected chi connectivity index (χ0v) is 7.63. The summed E-state index contributed by atoms with van der Waals surface area (Å²) in [4.78, 5) is 0. The van der Waals surface area contributed by atoms with E-state index in [0.29, 0.717) is 5.92 Å². The van der Waals surface area contributed by atoms with Gasteiger partial charge >= 0.3 is 0 Å². The molecule has 1 saturated heterocycles. The topological polar surface area (TPSA) is 32.3 Å².